The van der Waals surface area contributed by atoms with Gasteiger partial charge in [0.1, 0.15) is 0 Å². The van der Waals surface area contributed by atoms with Crippen LogP contribution in [-0.4, -0.2) is 73.2 Å². The van der Waals surface area contributed by atoms with Crippen molar-refractivity contribution < 1.29 is 42.2 Å². The largest absolute Gasteiger partial charge is 0.490 e. The summed E-state index contributed by atoms with van der Waals surface area (Å²) in [7, 11) is 1.60. The molecular formula is C25H28F3N3O6. The van der Waals surface area contributed by atoms with Crippen LogP contribution in [0.4, 0.5) is 18.9 Å². The van der Waals surface area contributed by atoms with Crippen molar-refractivity contribution in [2.45, 2.75) is 19.0 Å². The molecule has 0 bridgehead atoms. The number of alkyl halides is 3. The van der Waals surface area contributed by atoms with Crippen LogP contribution >= 0.6 is 0 Å². The van der Waals surface area contributed by atoms with Crippen molar-refractivity contribution in [1.82, 2.24) is 10.2 Å². The number of rotatable bonds is 7. The van der Waals surface area contributed by atoms with Gasteiger partial charge in [-0.05, 0) is 49.2 Å². The second-order valence-electron chi connectivity index (χ2n) is 8.05. The Labute approximate surface area is 211 Å². The molecule has 1 saturated heterocycles. The van der Waals surface area contributed by atoms with Crippen molar-refractivity contribution in [2.24, 2.45) is 5.92 Å². The molecular weight excluding hydrogens is 495 g/mol. The topological polar surface area (TPSA) is 125 Å². The standard InChI is InChI=1S/C23H27N3O4.C2HF3O2/c1-30-16-13-24-21(27)18-11-14-26(15-12-18)23(29)19-7-9-20(10-8-19)25-22(28)17-5-3-2-4-6-17;3-2(4,5)1(6)7/h2-10,18H,11-16H2,1H3,(H,24,27)(H,25,28);(H,6,7). The molecule has 1 aliphatic rings. The molecule has 0 saturated carbocycles. The summed E-state index contributed by atoms with van der Waals surface area (Å²) in [5, 5.41) is 12.8. The summed E-state index contributed by atoms with van der Waals surface area (Å²) in [6.07, 6.45) is -3.79. The first kappa shape index (κ1) is 29.3. The predicted molar refractivity (Wildman–Crippen MR) is 128 cm³/mol. The fraction of sp³-hybridized carbons (Fsp3) is 0.360. The summed E-state index contributed by atoms with van der Waals surface area (Å²) < 4.78 is 36.7. The number of anilines is 1. The number of nitrogens with one attached hydrogen (secondary N) is 2. The highest BCUT2D eigenvalue weighted by Crippen LogP contribution is 2.20. The Morgan fingerprint density at radius 2 is 1.54 bits per heavy atom. The molecule has 0 atom stereocenters. The Balaban J connectivity index is 0.000000604. The molecule has 2 aromatic rings. The molecule has 0 unspecified atom stereocenters. The maximum Gasteiger partial charge on any atom is 0.490 e. The van der Waals surface area contributed by atoms with E-state index in [1.807, 2.05) is 18.2 Å². The molecule has 3 N–H and O–H groups in total. The maximum atomic E-state index is 12.8. The second kappa shape index (κ2) is 14.0. The first-order valence-electron chi connectivity index (χ1n) is 11.4. The number of amides is 3. The van der Waals surface area contributed by atoms with Gasteiger partial charge >= 0.3 is 12.1 Å². The van der Waals surface area contributed by atoms with Crippen molar-refractivity contribution in [3.8, 4) is 0 Å². The summed E-state index contributed by atoms with van der Waals surface area (Å²) in [5.41, 5.74) is 1.77. The molecule has 0 radical (unpaired) electrons. The lowest BCUT2D eigenvalue weighted by Crippen LogP contribution is -2.43. The van der Waals surface area contributed by atoms with Gasteiger partial charge in [-0.25, -0.2) is 4.79 Å². The van der Waals surface area contributed by atoms with E-state index < -0.39 is 12.1 Å². The van der Waals surface area contributed by atoms with Gasteiger partial charge in [-0.15, -0.1) is 0 Å². The van der Waals surface area contributed by atoms with E-state index >= 15 is 0 Å². The number of hydrogen-bond donors (Lipinski definition) is 3. The summed E-state index contributed by atoms with van der Waals surface area (Å²) in [6, 6.07) is 15.8. The molecule has 12 heteroatoms. The van der Waals surface area contributed by atoms with Crippen molar-refractivity contribution in [2.75, 3.05) is 38.7 Å². The van der Waals surface area contributed by atoms with Crippen LogP contribution in [0.2, 0.25) is 0 Å². The number of halogens is 3. The molecule has 0 aromatic heterocycles. The Morgan fingerprint density at radius 1 is 0.973 bits per heavy atom. The van der Waals surface area contributed by atoms with Crippen molar-refractivity contribution >= 4 is 29.4 Å². The van der Waals surface area contributed by atoms with Crippen LogP contribution in [0.15, 0.2) is 54.6 Å². The zero-order chi connectivity index (χ0) is 27.4. The smallest absolute Gasteiger partial charge is 0.475 e. The third-order valence-electron chi connectivity index (χ3n) is 5.43. The summed E-state index contributed by atoms with van der Waals surface area (Å²) in [5.74, 6) is -3.05. The minimum Gasteiger partial charge on any atom is -0.475 e. The highest BCUT2D eigenvalue weighted by atomic mass is 19.4. The molecule has 3 amide bonds. The Hall–Kier alpha value is -3.93. The fourth-order valence-electron chi connectivity index (χ4n) is 3.44. The maximum absolute atomic E-state index is 12.8. The molecule has 200 valence electrons. The number of ether oxygens (including phenoxy) is 1. The number of methoxy groups -OCH3 is 1. The Morgan fingerprint density at radius 3 is 2.05 bits per heavy atom. The van der Waals surface area contributed by atoms with E-state index in [2.05, 4.69) is 10.6 Å². The van der Waals surface area contributed by atoms with Crippen molar-refractivity contribution in [3.63, 3.8) is 0 Å². The molecule has 2 aromatic carbocycles. The monoisotopic (exact) mass is 523 g/mol. The minimum absolute atomic E-state index is 0.0256. The minimum atomic E-state index is -5.08. The van der Waals surface area contributed by atoms with E-state index in [0.29, 0.717) is 55.9 Å². The molecule has 1 heterocycles. The number of aliphatic carboxylic acids is 1. The van der Waals surface area contributed by atoms with Crippen LogP contribution < -0.4 is 10.6 Å². The Bertz CT molecular complexity index is 1050. The number of likely N-dealkylation sites (tertiary alicyclic amines) is 1. The number of nitrogens with zero attached hydrogens (tertiary/aromatic N) is 1. The highest BCUT2D eigenvalue weighted by Gasteiger charge is 2.38. The van der Waals surface area contributed by atoms with Crippen LogP contribution in [-0.2, 0) is 14.3 Å². The number of carbonyl (C=O) groups excluding carboxylic acids is 3. The fourth-order valence-corrected chi connectivity index (χ4v) is 3.44. The van der Waals surface area contributed by atoms with Gasteiger partial charge in [0.25, 0.3) is 11.8 Å². The average molecular weight is 524 g/mol. The van der Waals surface area contributed by atoms with E-state index in [9.17, 15) is 27.6 Å². The molecule has 3 rings (SSSR count). The molecule has 0 spiro atoms. The summed E-state index contributed by atoms with van der Waals surface area (Å²) >= 11 is 0. The highest BCUT2D eigenvalue weighted by molar-refractivity contribution is 6.04. The van der Waals surface area contributed by atoms with Gasteiger partial charge in [-0.3, -0.25) is 14.4 Å². The zero-order valence-corrected chi connectivity index (χ0v) is 20.1. The normalized spacial score (nSPS) is 13.7. The van der Waals surface area contributed by atoms with Gasteiger partial charge in [-0.1, -0.05) is 18.2 Å². The molecule has 37 heavy (non-hydrogen) atoms. The quantitative estimate of drug-likeness (QED) is 0.479. The molecule has 9 nitrogen and oxygen atoms in total. The van der Waals surface area contributed by atoms with Crippen LogP contribution in [0, 0.1) is 5.92 Å². The van der Waals surface area contributed by atoms with Gasteiger partial charge in [0, 0.05) is 49.5 Å². The molecule has 1 fully saturated rings. The van der Waals surface area contributed by atoms with Gasteiger partial charge in [-0.2, -0.15) is 13.2 Å². The SMILES string of the molecule is COCCNC(=O)C1CCN(C(=O)c2ccc(NC(=O)c3ccccc3)cc2)CC1.O=C(O)C(F)(F)F. The number of carboxylic acids is 1. The molecule has 0 aliphatic carbocycles. The van der Waals surface area contributed by atoms with Gasteiger partial charge in [0.15, 0.2) is 0 Å². The van der Waals surface area contributed by atoms with E-state index in [-0.39, 0.29) is 23.6 Å². The van der Waals surface area contributed by atoms with E-state index in [1.54, 1.807) is 48.4 Å². The van der Waals surface area contributed by atoms with Crippen molar-refractivity contribution in [1.29, 1.82) is 0 Å². The number of benzene rings is 2. The number of carbonyl (C=O) groups is 4. The van der Waals surface area contributed by atoms with Crippen LogP contribution in [0.25, 0.3) is 0 Å². The van der Waals surface area contributed by atoms with E-state index in [4.69, 9.17) is 14.6 Å². The van der Waals surface area contributed by atoms with Crippen LogP contribution in [0.1, 0.15) is 33.6 Å². The number of hydrogen-bond acceptors (Lipinski definition) is 5. The van der Waals surface area contributed by atoms with Gasteiger partial charge in [0.2, 0.25) is 5.91 Å². The first-order valence-corrected chi connectivity index (χ1v) is 11.4. The third-order valence-corrected chi connectivity index (χ3v) is 5.43. The lowest BCUT2D eigenvalue weighted by atomic mass is 9.95. The molecule has 1 aliphatic heterocycles. The van der Waals surface area contributed by atoms with E-state index in [1.165, 1.54) is 0 Å². The lowest BCUT2D eigenvalue weighted by Gasteiger charge is -2.31. The average Bonchev–Trinajstić information content (AvgIpc) is 2.89. The predicted octanol–water partition coefficient (Wildman–Crippen LogP) is 3.19. The summed E-state index contributed by atoms with van der Waals surface area (Å²) in [4.78, 5) is 47.8. The van der Waals surface area contributed by atoms with E-state index in [0.717, 1.165) is 0 Å². The van der Waals surface area contributed by atoms with Gasteiger partial charge in [0.05, 0.1) is 6.61 Å². The van der Waals surface area contributed by atoms with Crippen LogP contribution in [0.5, 0.6) is 0 Å². The van der Waals surface area contributed by atoms with Crippen LogP contribution in [0.3, 0.4) is 0 Å². The zero-order valence-electron chi connectivity index (χ0n) is 20.1. The number of piperidine rings is 1. The Kier molecular flexibility index (Phi) is 11.1. The number of carboxylic acid groups (broad SMARTS) is 1. The van der Waals surface area contributed by atoms with Gasteiger partial charge < -0.3 is 25.4 Å². The third kappa shape index (κ3) is 9.56. The lowest BCUT2D eigenvalue weighted by molar-refractivity contribution is -0.192. The second-order valence-corrected chi connectivity index (χ2v) is 8.05. The van der Waals surface area contributed by atoms with Crippen molar-refractivity contribution in [3.05, 3.63) is 65.7 Å². The first-order chi connectivity index (χ1) is 17.5. The summed E-state index contributed by atoms with van der Waals surface area (Å²) in [6.45, 7) is 2.09.